The molecular formula is C13H20N2O2. The van der Waals surface area contributed by atoms with Crippen molar-refractivity contribution in [3.8, 4) is 0 Å². The van der Waals surface area contributed by atoms with Crippen LogP contribution in [0.5, 0.6) is 0 Å². The lowest BCUT2D eigenvalue weighted by Gasteiger charge is -2.18. The van der Waals surface area contributed by atoms with Crippen LogP contribution >= 0.6 is 0 Å². The van der Waals surface area contributed by atoms with Crippen LogP contribution in [0.25, 0.3) is 0 Å². The van der Waals surface area contributed by atoms with E-state index in [9.17, 15) is 4.79 Å². The Kier molecular flexibility index (Phi) is 5.10. The summed E-state index contributed by atoms with van der Waals surface area (Å²) in [5.74, 6) is 0.0347. The van der Waals surface area contributed by atoms with Crippen LogP contribution in [0.3, 0.4) is 0 Å². The minimum atomic E-state index is -0.373. The first-order valence-corrected chi connectivity index (χ1v) is 5.83. The SMILES string of the molecule is Cc1cccnc1CC(=O)N(C)CCC(C)O. The predicted molar refractivity (Wildman–Crippen MR) is 66.6 cm³/mol. The van der Waals surface area contributed by atoms with Gasteiger partial charge in [0.1, 0.15) is 0 Å². The first-order chi connectivity index (χ1) is 8.00. The summed E-state index contributed by atoms with van der Waals surface area (Å²) < 4.78 is 0. The van der Waals surface area contributed by atoms with Gasteiger partial charge in [-0.1, -0.05) is 6.07 Å². The molecule has 0 bridgehead atoms. The summed E-state index contributed by atoms with van der Waals surface area (Å²) in [5, 5.41) is 9.17. The zero-order valence-corrected chi connectivity index (χ0v) is 10.7. The topological polar surface area (TPSA) is 53.4 Å². The Morgan fingerprint density at radius 1 is 1.59 bits per heavy atom. The highest BCUT2D eigenvalue weighted by atomic mass is 16.3. The van der Waals surface area contributed by atoms with Crippen LogP contribution in [-0.2, 0) is 11.2 Å². The molecule has 0 radical (unpaired) electrons. The molecule has 0 aromatic carbocycles. The summed E-state index contributed by atoms with van der Waals surface area (Å²) in [6.45, 7) is 4.25. The van der Waals surface area contributed by atoms with Gasteiger partial charge in [0.2, 0.25) is 5.91 Å². The lowest BCUT2D eigenvalue weighted by Crippen LogP contribution is -2.31. The molecule has 4 nitrogen and oxygen atoms in total. The Morgan fingerprint density at radius 2 is 2.29 bits per heavy atom. The number of pyridine rings is 1. The number of aryl methyl sites for hydroxylation is 1. The van der Waals surface area contributed by atoms with Crippen LogP contribution in [0.1, 0.15) is 24.6 Å². The van der Waals surface area contributed by atoms with Gasteiger partial charge in [0, 0.05) is 19.8 Å². The third-order valence-electron chi connectivity index (χ3n) is 2.74. The number of carbonyl (C=O) groups excluding carboxylic acids is 1. The minimum Gasteiger partial charge on any atom is -0.393 e. The normalized spacial score (nSPS) is 12.2. The van der Waals surface area contributed by atoms with Gasteiger partial charge in [-0.05, 0) is 31.9 Å². The molecule has 1 aromatic heterocycles. The fourth-order valence-electron chi connectivity index (χ4n) is 1.49. The summed E-state index contributed by atoms with van der Waals surface area (Å²) in [6.07, 6.45) is 2.25. The fraction of sp³-hybridized carbons (Fsp3) is 0.538. The maximum absolute atomic E-state index is 11.9. The summed E-state index contributed by atoms with van der Waals surface area (Å²) in [4.78, 5) is 17.7. The van der Waals surface area contributed by atoms with Gasteiger partial charge < -0.3 is 10.0 Å². The van der Waals surface area contributed by atoms with E-state index in [1.165, 1.54) is 0 Å². The predicted octanol–water partition coefficient (Wildman–Crippen LogP) is 1.16. The van der Waals surface area contributed by atoms with Crippen molar-refractivity contribution in [2.75, 3.05) is 13.6 Å². The Labute approximate surface area is 102 Å². The molecule has 4 heteroatoms. The number of aliphatic hydroxyl groups is 1. The standard InChI is InChI=1S/C13H20N2O2/c1-10-5-4-7-14-12(10)9-13(17)15(3)8-6-11(2)16/h4-5,7,11,16H,6,8-9H2,1-3H3. The van der Waals surface area contributed by atoms with Crippen molar-refractivity contribution >= 4 is 5.91 Å². The highest BCUT2D eigenvalue weighted by Gasteiger charge is 2.12. The van der Waals surface area contributed by atoms with E-state index >= 15 is 0 Å². The molecule has 0 saturated carbocycles. The second kappa shape index (κ2) is 6.35. The Bertz CT molecular complexity index is 377. The zero-order chi connectivity index (χ0) is 12.8. The molecule has 1 unspecified atom stereocenters. The summed E-state index contributed by atoms with van der Waals surface area (Å²) >= 11 is 0. The molecule has 94 valence electrons. The van der Waals surface area contributed by atoms with E-state index in [0.717, 1.165) is 11.3 Å². The van der Waals surface area contributed by atoms with Gasteiger partial charge >= 0.3 is 0 Å². The van der Waals surface area contributed by atoms with Crippen molar-refractivity contribution in [2.45, 2.75) is 32.8 Å². The third-order valence-corrected chi connectivity index (χ3v) is 2.74. The van der Waals surface area contributed by atoms with Gasteiger partial charge in [-0.15, -0.1) is 0 Å². The zero-order valence-electron chi connectivity index (χ0n) is 10.7. The van der Waals surface area contributed by atoms with Crippen LogP contribution in [0.4, 0.5) is 0 Å². The van der Waals surface area contributed by atoms with Crippen LogP contribution in [-0.4, -0.2) is 40.6 Å². The lowest BCUT2D eigenvalue weighted by atomic mass is 10.1. The molecule has 1 amide bonds. The number of rotatable bonds is 5. The monoisotopic (exact) mass is 236 g/mol. The maximum atomic E-state index is 11.9. The molecule has 0 aliphatic rings. The molecule has 0 saturated heterocycles. The van der Waals surface area contributed by atoms with Crippen LogP contribution < -0.4 is 0 Å². The first kappa shape index (κ1) is 13.6. The van der Waals surface area contributed by atoms with E-state index in [1.807, 2.05) is 19.1 Å². The van der Waals surface area contributed by atoms with E-state index in [-0.39, 0.29) is 12.0 Å². The largest absolute Gasteiger partial charge is 0.393 e. The van der Waals surface area contributed by atoms with Crippen molar-refractivity contribution in [1.82, 2.24) is 9.88 Å². The molecule has 1 N–H and O–H groups in total. The van der Waals surface area contributed by atoms with Gasteiger partial charge in [-0.3, -0.25) is 9.78 Å². The molecule has 1 rings (SSSR count). The van der Waals surface area contributed by atoms with E-state index in [1.54, 1.807) is 25.1 Å². The summed E-state index contributed by atoms with van der Waals surface area (Å²) in [6, 6.07) is 3.81. The van der Waals surface area contributed by atoms with Crippen molar-refractivity contribution in [1.29, 1.82) is 0 Å². The Balaban J connectivity index is 2.52. The van der Waals surface area contributed by atoms with E-state index in [2.05, 4.69) is 4.98 Å². The number of amides is 1. The molecule has 1 atom stereocenters. The molecule has 0 aliphatic heterocycles. The van der Waals surface area contributed by atoms with E-state index < -0.39 is 0 Å². The number of hydrogen-bond donors (Lipinski definition) is 1. The van der Waals surface area contributed by atoms with Crippen molar-refractivity contribution in [3.05, 3.63) is 29.6 Å². The highest BCUT2D eigenvalue weighted by molar-refractivity contribution is 5.78. The second-order valence-corrected chi connectivity index (χ2v) is 4.40. The lowest BCUT2D eigenvalue weighted by molar-refractivity contribution is -0.129. The third kappa shape index (κ3) is 4.53. The van der Waals surface area contributed by atoms with Gasteiger partial charge in [-0.2, -0.15) is 0 Å². The van der Waals surface area contributed by atoms with Gasteiger partial charge in [-0.25, -0.2) is 0 Å². The van der Waals surface area contributed by atoms with E-state index in [0.29, 0.717) is 19.4 Å². The van der Waals surface area contributed by atoms with Crippen LogP contribution in [0.2, 0.25) is 0 Å². The average molecular weight is 236 g/mol. The summed E-state index contributed by atoms with van der Waals surface area (Å²) in [7, 11) is 1.75. The number of nitrogens with zero attached hydrogens (tertiary/aromatic N) is 2. The minimum absolute atomic E-state index is 0.0347. The highest BCUT2D eigenvalue weighted by Crippen LogP contribution is 2.06. The van der Waals surface area contributed by atoms with Crippen LogP contribution in [0, 0.1) is 6.92 Å². The van der Waals surface area contributed by atoms with Gasteiger partial charge in [0.15, 0.2) is 0 Å². The quantitative estimate of drug-likeness (QED) is 0.834. The molecule has 1 heterocycles. The second-order valence-electron chi connectivity index (χ2n) is 4.40. The molecular weight excluding hydrogens is 216 g/mol. The molecule has 17 heavy (non-hydrogen) atoms. The smallest absolute Gasteiger partial charge is 0.228 e. The Morgan fingerprint density at radius 3 is 2.88 bits per heavy atom. The van der Waals surface area contributed by atoms with Crippen LogP contribution in [0.15, 0.2) is 18.3 Å². The van der Waals surface area contributed by atoms with Gasteiger partial charge in [0.25, 0.3) is 0 Å². The fourth-order valence-corrected chi connectivity index (χ4v) is 1.49. The van der Waals surface area contributed by atoms with Crippen molar-refractivity contribution < 1.29 is 9.90 Å². The molecule has 1 aromatic rings. The summed E-state index contributed by atoms with van der Waals surface area (Å²) in [5.41, 5.74) is 1.85. The van der Waals surface area contributed by atoms with E-state index in [4.69, 9.17) is 5.11 Å². The van der Waals surface area contributed by atoms with Gasteiger partial charge in [0.05, 0.1) is 18.2 Å². The number of hydrogen-bond acceptors (Lipinski definition) is 3. The van der Waals surface area contributed by atoms with Crippen molar-refractivity contribution in [3.63, 3.8) is 0 Å². The number of aliphatic hydroxyl groups excluding tert-OH is 1. The molecule has 0 aliphatic carbocycles. The molecule has 0 spiro atoms. The number of carbonyl (C=O) groups is 1. The van der Waals surface area contributed by atoms with Crippen molar-refractivity contribution in [2.24, 2.45) is 0 Å². The number of aromatic nitrogens is 1. The first-order valence-electron chi connectivity index (χ1n) is 5.83. The number of likely N-dealkylation sites (N-methyl/N-ethyl adjacent to an activating group) is 1. The molecule has 0 fully saturated rings. The Hall–Kier alpha value is -1.42. The maximum Gasteiger partial charge on any atom is 0.228 e. The average Bonchev–Trinajstić information content (AvgIpc) is 2.28.